The molecule has 0 N–H and O–H groups in total. The van der Waals surface area contributed by atoms with E-state index in [1.54, 1.807) is 22.2 Å². The zero-order valence-electron chi connectivity index (χ0n) is 22.5. The highest BCUT2D eigenvalue weighted by atomic mass is 32.1. The summed E-state index contributed by atoms with van der Waals surface area (Å²) in [6, 6.07) is 26.5. The number of aromatic nitrogens is 4. The Labute approximate surface area is 239 Å². The lowest BCUT2D eigenvalue weighted by Gasteiger charge is -2.12. The number of nitrogens with zero attached hydrogens (tertiary/aromatic N) is 5. The fourth-order valence-electron chi connectivity index (χ4n) is 5.12. The lowest BCUT2D eigenvalue weighted by Crippen LogP contribution is -2.41. The number of hydrogen-bond acceptors (Lipinski definition) is 6. The van der Waals surface area contributed by atoms with E-state index in [-0.39, 0.29) is 12.4 Å². The van der Waals surface area contributed by atoms with Crippen molar-refractivity contribution in [2.24, 2.45) is 7.05 Å². The Bertz CT molecular complexity index is 2120. The molecule has 0 fully saturated rings. The number of nitriles is 1. The van der Waals surface area contributed by atoms with Crippen LogP contribution < -0.4 is 11.2 Å². The highest BCUT2D eigenvalue weighted by Gasteiger charge is 2.21. The van der Waals surface area contributed by atoms with Crippen LogP contribution in [0.3, 0.4) is 0 Å². The van der Waals surface area contributed by atoms with Gasteiger partial charge in [0.25, 0.3) is 5.56 Å². The molecule has 0 spiro atoms. The average Bonchev–Trinajstić information content (AvgIpc) is 3.59. The summed E-state index contributed by atoms with van der Waals surface area (Å²) in [6.07, 6.45) is 0.721. The van der Waals surface area contributed by atoms with Crippen LogP contribution in [0.2, 0.25) is 0 Å². The molecule has 41 heavy (non-hydrogen) atoms. The summed E-state index contributed by atoms with van der Waals surface area (Å²) in [5, 5.41) is 9.89. The van der Waals surface area contributed by atoms with E-state index in [1.165, 1.54) is 11.3 Å². The number of fused-ring (bicyclic) bond motifs is 2. The second-order valence-corrected chi connectivity index (χ2v) is 10.9. The van der Waals surface area contributed by atoms with Gasteiger partial charge >= 0.3 is 5.69 Å². The first-order valence-corrected chi connectivity index (χ1v) is 14.0. The number of Topliss-reactive ketones (excluding diaryl/α,β-unsaturated/α-hetero) is 1. The first-order valence-electron chi connectivity index (χ1n) is 13.2. The van der Waals surface area contributed by atoms with Gasteiger partial charge in [-0.1, -0.05) is 61.5 Å². The van der Waals surface area contributed by atoms with Gasteiger partial charge in [-0.3, -0.25) is 18.7 Å². The molecule has 3 heterocycles. The van der Waals surface area contributed by atoms with Crippen LogP contribution >= 0.6 is 11.3 Å². The van der Waals surface area contributed by atoms with Crippen LogP contribution in [-0.4, -0.2) is 24.5 Å². The summed E-state index contributed by atoms with van der Waals surface area (Å²) in [4.78, 5) is 46.7. The minimum Gasteiger partial charge on any atom is -0.325 e. The molecule has 0 unspecified atom stereocenters. The van der Waals surface area contributed by atoms with Crippen LogP contribution in [0.25, 0.3) is 32.4 Å². The molecule has 6 aromatic rings. The van der Waals surface area contributed by atoms with E-state index in [4.69, 9.17) is 0 Å². The van der Waals surface area contributed by atoms with Crippen molar-refractivity contribution in [1.29, 1.82) is 5.26 Å². The maximum absolute atomic E-state index is 13.8. The fraction of sp³-hybridized carbons (Fsp3) is 0.156. The molecule has 0 atom stereocenters. The van der Waals surface area contributed by atoms with Gasteiger partial charge in [-0.05, 0) is 47.4 Å². The van der Waals surface area contributed by atoms with Crippen LogP contribution in [0.4, 0.5) is 0 Å². The molecule has 0 bridgehead atoms. The van der Waals surface area contributed by atoms with Crippen molar-refractivity contribution in [1.82, 2.24) is 18.7 Å². The standard InChI is InChI=1S/C32H25N5O3S/c1-3-23-16-25-30(39)36(19-28(38)29-34-26-10-6-7-11-27(26)35(29)2)32(40)37(31(25)41-23)18-20-12-14-21(15-13-20)24-9-5-4-8-22(24)17-33/h4-16H,3,18-19H2,1-2H3. The predicted octanol–water partition coefficient (Wildman–Crippen LogP) is 5.14. The number of rotatable bonds is 7. The van der Waals surface area contributed by atoms with E-state index >= 15 is 0 Å². The van der Waals surface area contributed by atoms with E-state index in [0.29, 0.717) is 21.3 Å². The molecular weight excluding hydrogens is 534 g/mol. The Hall–Kier alpha value is -5.07. The highest BCUT2D eigenvalue weighted by molar-refractivity contribution is 7.18. The molecular formula is C32H25N5O3S. The number of benzene rings is 3. The van der Waals surface area contributed by atoms with Crippen LogP contribution in [0.15, 0.2) is 88.5 Å². The Morgan fingerprint density at radius 3 is 2.44 bits per heavy atom. The minimum absolute atomic E-state index is 0.192. The summed E-state index contributed by atoms with van der Waals surface area (Å²) < 4.78 is 4.28. The molecule has 0 aliphatic heterocycles. The van der Waals surface area contributed by atoms with Gasteiger partial charge in [0.2, 0.25) is 5.78 Å². The third-order valence-electron chi connectivity index (χ3n) is 7.29. The van der Waals surface area contributed by atoms with Gasteiger partial charge in [-0.25, -0.2) is 9.78 Å². The monoisotopic (exact) mass is 559 g/mol. The number of ketones is 1. The van der Waals surface area contributed by atoms with Crippen LogP contribution in [0, 0.1) is 11.3 Å². The van der Waals surface area contributed by atoms with Gasteiger partial charge in [0.1, 0.15) is 4.83 Å². The van der Waals surface area contributed by atoms with Crippen molar-refractivity contribution in [3.05, 3.63) is 122 Å². The minimum atomic E-state index is -0.544. The predicted molar refractivity (Wildman–Crippen MR) is 160 cm³/mol. The van der Waals surface area contributed by atoms with E-state index in [0.717, 1.165) is 38.1 Å². The largest absolute Gasteiger partial charge is 0.332 e. The number of hydrogen-bond donors (Lipinski definition) is 0. The molecule has 0 radical (unpaired) electrons. The van der Waals surface area contributed by atoms with Crippen LogP contribution in [-0.2, 0) is 26.6 Å². The molecule has 202 valence electrons. The Balaban J connectivity index is 1.41. The molecule has 0 saturated carbocycles. The van der Waals surface area contributed by atoms with Crippen molar-refractivity contribution in [3.8, 4) is 17.2 Å². The molecule has 3 aromatic heterocycles. The van der Waals surface area contributed by atoms with Gasteiger partial charge in [-0.15, -0.1) is 11.3 Å². The lowest BCUT2D eigenvalue weighted by molar-refractivity contribution is 0.0956. The van der Waals surface area contributed by atoms with Gasteiger partial charge in [-0.2, -0.15) is 5.26 Å². The zero-order valence-corrected chi connectivity index (χ0v) is 23.3. The number of imidazole rings is 1. The average molecular weight is 560 g/mol. The molecule has 0 aliphatic carbocycles. The zero-order chi connectivity index (χ0) is 28.7. The number of thiophene rings is 1. The van der Waals surface area contributed by atoms with E-state index < -0.39 is 23.6 Å². The van der Waals surface area contributed by atoms with Crippen molar-refractivity contribution >= 4 is 38.4 Å². The van der Waals surface area contributed by atoms with Crippen LogP contribution in [0.1, 0.15) is 33.5 Å². The Morgan fingerprint density at radius 1 is 0.976 bits per heavy atom. The topological polar surface area (TPSA) is 103 Å². The first-order chi connectivity index (χ1) is 19.9. The second kappa shape index (κ2) is 10.5. The molecule has 0 saturated heterocycles. The van der Waals surface area contributed by atoms with Crippen molar-refractivity contribution in [3.63, 3.8) is 0 Å². The maximum atomic E-state index is 13.8. The molecule has 8 nitrogen and oxygen atoms in total. The third-order valence-corrected chi connectivity index (χ3v) is 8.59. The quantitative estimate of drug-likeness (QED) is 0.252. The SMILES string of the molecule is CCc1cc2c(=O)n(CC(=O)c3nc4ccccc4n3C)c(=O)n(Cc3ccc(-c4ccccc4C#N)cc3)c2s1. The first kappa shape index (κ1) is 26.2. The lowest BCUT2D eigenvalue weighted by atomic mass is 9.99. The van der Waals surface area contributed by atoms with Gasteiger partial charge in [0.05, 0.1) is 41.1 Å². The van der Waals surface area contributed by atoms with E-state index in [1.807, 2.05) is 79.7 Å². The van der Waals surface area contributed by atoms with Crippen molar-refractivity contribution in [2.45, 2.75) is 26.4 Å². The van der Waals surface area contributed by atoms with E-state index in [9.17, 15) is 19.6 Å². The summed E-state index contributed by atoms with van der Waals surface area (Å²) in [5.41, 5.74) is 3.61. The van der Waals surface area contributed by atoms with Gasteiger partial charge < -0.3 is 4.57 Å². The van der Waals surface area contributed by atoms with Crippen LogP contribution in [0.5, 0.6) is 0 Å². The maximum Gasteiger partial charge on any atom is 0.332 e. The number of carbonyl (C=O) groups excluding carboxylic acids is 1. The Morgan fingerprint density at radius 2 is 1.71 bits per heavy atom. The molecule has 9 heteroatoms. The summed E-state index contributed by atoms with van der Waals surface area (Å²) in [6.45, 7) is 1.81. The molecule has 0 amide bonds. The smallest absolute Gasteiger partial charge is 0.325 e. The molecule has 6 rings (SSSR count). The van der Waals surface area contributed by atoms with Gasteiger partial charge in [0.15, 0.2) is 5.82 Å². The Kier molecular flexibility index (Phi) is 6.69. The number of carbonyl (C=O) groups is 1. The fourth-order valence-corrected chi connectivity index (χ4v) is 6.20. The van der Waals surface area contributed by atoms with Crippen molar-refractivity contribution in [2.75, 3.05) is 0 Å². The molecule has 3 aromatic carbocycles. The second-order valence-electron chi connectivity index (χ2n) is 9.81. The van der Waals surface area contributed by atoms with Gasteiger partial charge in [0, 0.05) is 11.9 Å². The summed E-state index contributed by atoms with van der Waals surface area (Å²) >= 11 is 1.42. The molecule has 0 aliphatic rings. The number of aryl methyl sites for hydroxylation is 2. The normalized spacial score (nSPS) is 11.2. The summed E-state index contributed by atoms with van der Waals surface area (Å²) in [7, 11) is 1.75. The third kappa shape index (κ3) is 4.58. The van der Waals surface area contributed by atoms with E-state index in [2.05, 4.69) is 11.1 Å². The summed E-state index contributed by atoms with van der Waals surface area (Å²) in [5.74, 6) is -0.225. The number of para-hydroxylation sites is 2. The van der Waals surface area contributed by atoms with Crippen molar-refractivity contribution < 1.29 is 4.79 Å². The highest BCUT2D eigenvalue weighted by Crippen LogP contribution is 2.26.